The molecule has 0 saturated heterocycles. The second kappa shape index (κ2) is 6.75. The second-order valence-corrected chi connectivity index (χ2v) is 4.77. The molecule has 0 aromatic heterocycles. The van der Waals surface area contributed by atoms with Gasteiger partial charge in [-0.3, -0.25) is 14.9 Å². The molecule has 0 aliphatic carbocycles. The van der Waals surface area contributed by atoms with Crippen LogP contribution in [-0.4, -0.2) is 27.3 Å². The Labute approximate surface area is 134 Å². The Kier molecular flexibility index (Phi) is 4.77. The first-order valence-electron chi connectivity index (χ1n) is 6.18. The van der Waals surface area contributed by atoms with Crippen LogP contribution >= 0.6 is 11.6 Å². The predicted molar refractivity (Wildman–Crippen MR) is 82.9 cm³/mol. The molecule has 0 unspecified atom stereocenters. The molecule has 0 aliphatic rings. The number of phenolic OH excluding ortho intramolecular Hbond substituents is 2. The van der Waals surface area contributed by atoms with Crippen molar-refractivity contribution in [3.05, 3.63) is 62.7 Å². The van der Waals surface area contributed by atoms with Gasteiger partial charge in [-0.05, 0) is 18.2 Å². The van der Waals surface area contributed by atoms with Crippen LogP contribution in [-0.2, 0) is 0 Å². The topological polar surface area (TPSA) is 125 Å². The van der Waals surface area contributed by atoms with Gasteiger partial charge >= 0.3 is 5.69 Å². The van der Waals surface area contributed by atoms with Gasteiger partial charge in [0.2, 0.25) is 5.75 Å². The van der Waals surface area contributed by atoms with Gasteiger partial charge in [0.15, 0.2) is 0 Å². The maximum atomic E-state index is 11.8. The van der Waals surface area contributed by atoms with Crippen LogP contribution in [0.4, 0.5) is 5.69 Å². The number of aromatic hydroxyl groups is 2. The number of para-hydroxylation sites is 1. The fourth-order valence-corrected chi connectivity index (χ4v) is 1.95. The minimum atomic E-state index is -0.793. The number of rotatable bonds is 4. The highest BCUT2D eigenvalue weighted by Crippen LogP contribution is 2.32. The summed E-state index contributed by atoms with van der Waals surface area (Å²) in [5.74, 6) is -1.53. The summed E-state index contributed by atoms with van der Waals surface area (Å²) in [6, 6.07) is 8.09. The Hall–Kier alpha value is -3.13. The molecule has 8 nitrogen and oxygen atoms in total. The van der Waals surface area contributed by atoms with Crippen LogP contribution in [0.2, 0.25) is 5.02 Å². The molecule has 118 valence electrons. The Morgan fingerprint density at radius 1 is 1.30 bits per heavy atom. The van der Waals surface area contributed by atoms with Crippen LogP contribution in [0.25, 0.3) is 0 Å². The maximum absolute atomic E-state index is 11.8. The monoisotopic (exact) mass is 335 g/mol. The molecule has 1 amide bonds. The van der Waals surface area contributed by atoms with E-state index in [1.807, 2.05) is 0 Å². The first kappa shape index (κ1) is 16.2. The molecule has 2 rings (SSSR count). The zero-order valence-electron chi connectivity index (χ0n) is 11.4. The number of nitro groups is 1. The number of benzene rings is 2. The molecule has 0 spiro atoms. The highest BCUT2D eigenvalue weighted by molar-refractivity contribution is 6.31. The highest BCUT2D eigenvalue weighted by atomic mass is 35.5. The number of nitrogens with one attached hydrogen (secondary N) is 1. The number of phenols is 2. The molecule has 23 heavy (non-hydrogen) atoms. The van der Waals surface area contributed by atoms with Gasteiger partial charge in [0.25, 0.3) is 5.91 Å². The molecular formula is C14H10ClN3O5. The smallest absolute Gasteiger partial charge is 0.312 e. The quantitative estimate of drug-likeness (QED) is 0.449. The van der Waals surface area contributed by atoms with E-state index in [1.54, 1.807) is 12.1 Å². The Morgan fingerprint density at radius 3 is 2.65 bits per heavy atom. The normalized spacial score (nSPS) is 10.7. The summed E-state index contributed by atoms with van der Waals surface area (Å²) in [5, 5.41) is 33.7. The number of halogens is 1. The Balaban J connectivity index is 2.20. The van der Waals surface area contributed by atoms with E-state index < -0.39 is 22.3 Å². The number of hydrogen-bond acceptors (Lipinski definition) is 6. The van der Waals surface area contributed by atoms with E-state index in [0.717, 1.165) is 12.3 Å². The van der Waals surface area contributed by atoms with E-state index in [9.17, 15) is 25.1 Å². The summed E-state index contributed by atoms with van der Waals surface area (Å²) in [6.07, 6.45) is 1.01. The van der Waals surface area contributed by atoms with Gasteiger partial charge in [-0.1, -0.05) is 23.7 Å². The molecule has 9 heteroatoms. The van der Waals surface area contributed by atoms with Gasteiger partial charge in [0, 0.05) is 16.7 Å². The van der Waals surface area contributed by atoms with Crippen molar-refractivity contribution in [1.82, 2.24) is 5.43 Å². The number of carbonyl (C=O) groups is 1. The molecule has 0 bridgehead atoms. The summed E-state index contributed by atoms with van der Waals surface area (Å²) in [5.41, 5.74) is 1.52. The maximum Gasteiger partial charge on any atom is 0.312 e. The van der Waals surface area contributed by atoms with Crippen molar-refractivity contribution in [3.63, 3.8) is 0 Å². The molecule has 0 aliphatic heterocycles. The number of hydrogen-bond donors (Lipinski definition) is 3. The van der Waals surface area contributed by atoms with E-state index in [4.69, 9.17) is 11.6 Å². The van der Waals surface area contributed by atoms with Gasteiger partial charge in [0.1, 0.15) is 5.75 Å². The van der Waals surface area contributed by atoms with Crippen molar-refractivity contribution in [2.24, 2.45) is 5.10 Å². The van der Waals surface area contributed by atoms with Gasteiger partial charge in [0.05, 0.1) is 16.7 Å². The van der Waals surface area contributed by atoms with Gasteiger partial charge in [-0.25, -0.2) is 5.43 Å². The van der Waals surface area contributed by atoms with Crippen LogP contribution in [0.1, 0.15) is 15.9 Å². The minimum absolute atomic E-state index is 0.00551. The summed E-state index contributed by atoms with van der Waals surface area (Å²) in [6.45, 7) is 0. The van der Waals surface area contributed by atoms with Crippen LogP contribution < -0.4 is 5.43 Å². The van der Waals surface area contributed by atoms with Crippen LogP contribution in [0.15, 0.2) is 41.5 Å². The lowest BCUT2D eigenvalue weighted by Gasteiger charge is -2.03. The van der Waals surface area contributed by atoms with E-state index in [2.05, 4.69) is 10.5 Å². The minimum Gasteiger partial charge on any atom is -0.507 e. The summed E-state index contributed by atoms with van der Waals surface area (Å²) < 4.78 is 0. The van der Waals surface area contributed by atoms with E-state index in [-0.39, 0.29) is 21.9 Å². The second-order valence-electron chi connectivity index (χ2n) is 4.34. The van der Waals surface area contributed by atoms with Gasteiger partial charge in [-0.2, -0.15) is 5.10 Å². The number of amides is 1. The van der Waals surface area contributed by atoms with Gasteiger partial charge < -0.3 is 10.2 Å². The molecule has 0 heterocycles. The van der Waals surface area contributed by atoms with E-state index in [0.29, 0.717) is 0 Å². The van der Waals surface area contributed by atoms with Crippen LogP contribution in [0, 0.1) is 10.1 Å². The first-order chi connectivity index (χ1) is 10.9. The predicted octanol–water partition coefficient (Wildman–Crippen LogP) is 2.42. The van der Waals surface area contributed by atoms with Crippen LogP contribution in [0.3, 0.4) is 0 Å². The lowest BCUT2D eigenvalue weighted by Crippen LogP contribution is -2.17. The number of nitrogens with zero attached hydrogens (tertiary/aromatic N) is 2. The number of nitro benzene ring substituents is 1. The van der Waals surface area contributed by atoms with Crippen molar-refractivity contribution in [3.8, 4) is 11.5 Å². The SMILES string of the molecule is O=C(N/N=C\c1cc(Cl)cc([N+](=O)[O-])c1O)c1ccccc1O. The summed E-state index contributed by atoms with van der Waals surface area (Å²) >= 11 is 5.73. The first-order valence-corrected chi connectivity index (χ1v) is 6.56. The lowest BCUT2D eigenvalue weighted by atomic mass is 10.2. The third-order valence-electron chi connectivity index (χ3n) is 2.80. The van der Waals surface area contributed by atoms with Crippen molar-refractivity contribution < 1.29 is 19.9 Å². The molecule has 0 saturated carbocycles. The molecule has 2 aromatic rings. The molecule has 3 N–H and O–H groups in total. The molecule has 0 atom stereocenters. The standard InChI is InChI=1S/C14H10ClN3O5/c15-9-5-8(13(20)11(6-9)18(22)23)7-16-17-14(21)10-3-1-2-4-12(10)19/h1-7,19-20H,(H,17,21)/b16-7-. The zero-order chi connectivity index (χ0) is 17.0. The van der Waals surface area contributed by atoms with Crippen LogP contribution in [0.5, 0.6) is 11.5 Å². The fourth-order valence-electron chi connectivity index (χ4n) is 1.73. The average molecular weight is 336 g/mol. The van der Waals surface area contributed by atoms with Crippen molar-refractivity contribution >= 4 is 29.4 Å². The Morgan fingerprint density at radius 2 is 2.00 bits per heavy atom. The molecular weight excluding hydrogens is 326 g/mol. The van der Waals surface area contributed by atoms with Crippen molar-refractivity contribution in [2.45, 2.75) is 0 Å². The van der Waals surface area contributed by atoms with E-state index >= 15 is 0 Å². The number of carbonyl (C=O) groups excluding carboxylic acids is 1. The van der Waals surface area contributed by atoms with Crippen molar-refractivity contribution in [2.75, 3.05) is 0 Å². The average Bonchev–Trinajstić information content (AvgIpc) is 2.50. The molecule has 0 radical (unpaired) electrons. The zero-order valence-corrected chi connectivity index (χ0v) is 12.2. The number of hydrazone groups is 1. The summed E-state index contributed by atoms with van der Waals surface area (Å²) in [4.78, 5) is 21.8. The molecule has 2 aromatic carbocycles. The van der Waals surface area contributed by atoms with Crippen molar-refractivity contribution in [1.29, 1.82) is 0 Å². The molecule has 0 fully saturated rings. The summed E-state index contributed by atoms with van der Waals surface area (Å²) in [7, 11) is 0. The third kappa shape index (κ3) is 3.74. The lowest BCUT2D eigenvalue weighted by molar-refractivity contribution is -0.385. The fraction of sp³-hybridized carbons (Fsp3) is 0. The third-order valence-corrected chi connectivity index (χ3v) is 3.02. The van der Waals surface area contributed by atoms with E-state index in [1.165, 1.54) is 18.2 Å². The van der Waals surface area contributed by atoms with Gasteiger partial charge in [-0.15, -0.1) is 0 Å². The Bertz CT molecular complexity index is 807. The largest absolute Gasteiger partial charge is 0.507 e. The highest BCUT2D eigenvalue weighted by Gasteiger charge is 2.17.